The topological polar surface area (TPSA) is 41.6 Å². The van der Waals surface area contributed by atoms with Crippen LogP contribution in [0.15, 0.2) is 4.99 Å². The van der Waals surface area contributed by atoms with E-state index in [1.54, 1.807) is 0 Å². The minimum Gasteiger partial charge on any atom is -0.370 e. The largest absolute Gasteiger partial charge is 0.370 e. The molecular formula is C14H29N3. The number of guanidine groups is 1. The maximum atomic E-state index is 6.04. The maximum Gasteiger partial charge on any atom is 0.192 e. The first kappa shape index (κ1) is 14.3. The number of nitrogens with two attached hydrogens (primary N) is 1. The van der Waals surface area contributed by atoms with Crippen LogP contribution in [-0.4, -0.2) is 29.0 Å². The fourth-order valence-electron chi connectivity index (χ4n) is 2.75. The Morgan fingerprint density at radius 3 is 2.65 bits per heavy atom. The summed E-state index contributed by atoms with van der Waals surface area (Å²) >= 11 is 0. The highest BCUT2D eigenvalue weighted by Gasteiger charge is 2.39. The van der Waals surface area contributed by atoms with Gasteiger partial charge in [0.2, 0.25) is 0 Å². The van der Waals surface area contributed by atoms with E-state index in [4.69, 9.17) is 5.73 Å². The second kappa shape index (κ2) is 6.27. The van der Waals surface area contributed by atoms with Gasteiger partial charge in [0.05, 0.1) is 12.1 Å². The van der Waals surface area contributed by atoms with Crippen LogP contribution in [0, 0.1) is 0 Å². The molecule has 0 bridgehead atoms. The van der Waals surface area contributed by atoms with Gasteiger partial charge in [-0.3, -0.25) is 4.99 Å². The average molecular weight is 239 g/mol. The summed E-state index contributed by atoms with van der Waals surface area (Å²) in [5.41, 5.74) is 6.20. The van der Waals surface area contributed by atoms with Gasteiger partial charge < -0.3 is 10.6 Å². The molecule has 0 aliphatic carbocycles. The van der Waals surface area contributed by atoms with Crippen LogP contribution in [0.4, 0.5) is 0 Å². The van der Waals surface area contributed by atoms with Crippen molar-refractivity contribution in [2.75, 3.05) is 6.54 Å². The Bertz CT molecular complexity index is 262. The van der Waals surface area contributed by atoms with E-state index in [2.05, 4.69) is 37.6 Å². The summed E-state index contributed by atoms with van der Waals surface area (Å²) in [6.07, 6.45) is 7.60. The van der Waals surface area contributed by atoms with Crippen molar-refractivity contribution in [1.82, 2.24) is 4.90 Å². The summed E-state index contributed by atoms with van der Waals surface area (Å²) in [7, 11) is 0. The van der Waals surface area contributed by atoms with E-state index in [-0.39, 0.29) is 5.54 Å². The van der Waals surface area contributed by atoms with Gasteiger partial charge in [-0.2, -0.15) is 0 Å². The first-order valence-corrected chi connectivity index (χ1v) is 7.14. The minimum absolute atomic E-state index is 0.160. The van der Waals surface area contributed by atoms with Crippen LogP contribution in [0.5, 0.6) is 0 Å². The molecule has 0 spiro atoms. The highest BCUT2D eigenvalue weighted by molar-refractivity contribution is 5.81. The van der Waals surface area contributed by atoms with E-state index in [1.807, 2.05) is 0 Å². The fourth-order valence-corrected chi connectivity index (χ4v) is 2.75. The molecule has 17 heavy (non-hydrogen) atoms. The Kier molecular flexibility index (Phi) is 5.29. The average Bonchev–Trinajstić information content (AvgIpc) is 2.61. The van der Waals surface area contributed by atoms with Gasteiger partial charge in [-0.05, 0) is 26.7 Å². The quantitative estimate of drug-likeness (QED) is 0.693. The Morgan fingerprint density at radius 1 is 1.35 bits per heavy atom. The third-order valence-corrected chi connectivity index (χ3v) is 4.01. The van der Waals surface area contributed by atoms with Gasteiger partial charge in [-0.1, -0.05) is 39.5 Å². The van der Waals surface area contributed by atoms with Crippen molar-refractivity contribution in [2.45, 2.75) is 77.8 Å². The van der Waals surface area contributed by atoms with E-state index < -0.39 is 0 Å². The molecule has 0 radical (unpaired) electrons. The van der Waals surface area contributed by atoms with Gasteiger partial charge in [0.15, 0.2) is 5.96 Å². The van der Waals surface area contributed by atoms with Crippen molar-refractivity contribution >= 4 is 5.96 Å². The van der Waals surface area contributed by atoms with Crippen LogP contribution in [0.2, 0.25) is 0 Å². The SMILES string of the molecule is CCCCCCC1(C)CN=C(N)N1C(C)CC. The molecule has 0 aromatic rings. The highest BCUT2D eigenvalue weighted by Crippen LogP contribution is 2.30. The first-order chi connectivity index (χ1) is 8.05. The Hall–Kier alpha value is -0.730. The lowest BCUT2D eigenvalue weighted by atomic mass is 9.91. The molecule has 0 saturated carbocycles. The standard InChI is InChI=1S/C14H29N3/c1-5-7-8-9-10-14(4)11-16-13(15)17(14)12(3)6-2/h12H,5-11H2,1-4H3,(H2,15,16). The molecule has 1 aliphatic rings. The second-order valence-electron chi connectivity index (χ2n) is 5.61. The van der Waals surface area contributed by atoms with Gasteiger partial charge in [0, 0.05) is 6.04 Å². The first-order valence-electron chi connectivity index (χ1n) is 7.14. The maximum absolute atomic E-state index is 6.04. The molecule has 0 aromatic carbocycles. The van der Waals surface area contributed by atoms with Gasteiger partial charge in [0.25, 0.3) is 0 Å². The van der Waals surface area contributed by atoms with Crippen molar-refractivity contribution in [3.8, 4) is 0 Å². The molecule has 0 saturated heterocycles. The molecule has 100 valence electrons. The molecule has 0 amide bonds. The number of rotatable bonds is 7. The smallest absolute Gasteiger partial charge is 0.192 e. The zero-order valence-corrected chi connectivity index (χ0v) is 12.0. The molecule has 1 aliphatic heterocycles. The van der Waals surface area contributed by atoms with E-state index in [0.29, 0.717) is 6.04 Å². The van der Waals surface area contributed by atoms with Gasteiger partial charge in [-0.25, -0.2) is 0 Å². The molecule has 0 fully saturated rings. The van der Waals surface area contributed by atoms with Gasteiger partial charge in [-0.15, -0.1) is 0 Å². The molecule has 0 aromatic heterocycles. The summed E-state index contributed by atoms with van der Waals surface area (Å²) in [6, 6.07) is 0.498. The van der Waals surface area contributed by atoms with Crippen molar-refractivity contribution in [3.63, 3.8) is 0 Å². The molecular weight excluding hydrogens is 210 g/mol. The van der Waals surface area contributed by atoms with Crippen LogP contribution in [0.25, 0.3) is 0 Å². The predicted octanol–water partition coefficient (Wildman–Crippen LogP) is 3.14. The second-order valence-corrected chi connectivity index (χ2v) is 5.61. The highest BCUT2D eigenvalue weighted by atomic mass is 15.4. The zero-order chi connectivity index (χ0) is 12.9. The Morgan fingerprint density at radius 2 is 2.06 bits per heavy atom. The van der Waals surface area contributed by atoms with Gasteiger partial charge >= 0.3 is 0 Å². The fraction of sp³-hybridized carbons (Fsp3) is 0.929. The molecule has 2 atom stereocenters. The van der Waals surface area contributed by atoms with Crippen molar-refractivity contribution in [1.29, 1.82) is 0 Å². The normalized spacial score (nSPS) is 26.1. The Labute approximate surface area is 106 Å². The lowest BCUT2D eigenvalue weighted by Gasteiger charge is -2.40. The molecule has 1 rings (SSSR count). The summed E-state index contributed by atoms with van der Waals surface area (Å²) in [6.45, 7) is 9.90. The van der Waals surface area contributed by atoms with Crippen LogP contribution in [-0.2, 0) is 0 Å². The zero-order valence-electron chi connectivity index (χ0n) is 12.0. The lowest BCUT2D eigenvalue weighted by molar-refractivity contribution is 0.156. The number of nitrogens with zero attached hydrogens (tertiary/aromatic N) is 2. The Balaban J connectivity index is 2.55. The summed E-state index contributed by atoms with van der Waals surface area (Å²) in [4.78, 5) is 6.81. The number of hydrogen-bond acceptors (Lipinski definition) is 3. The summed E-state index contributed by atoms with van der Waals surface area (Å²) < 4.78 is 0. The monoisotopic (exact) mass is 239 g/mol. The predicted molar refractivity (Wildman–Crippen MR) is 75.2 cm³/mol. The molecule has 2 unspecified atom stereocenters. The van der Waals surface area contributed by atoms with E-state index in [0.717, 1.165) is 18.9 Å². The van der Waals surface area contributed by atoms with Gasteiger partial charge in [0.1, 0.15) is 0 Å². The molecule has 1 heterocycles. The third kappa shape index (κ3) is 3.36. The third-order valence-electron chi connectivity index (χ3n) is 4.01. The summed E-state index contributed by atoms with van der Waals surface area (Å²) in [5.74, 6) is 0.748. The van der Waals surface area contributed by atoms with E-state index in [1.165, 1.54) is 32.1 Å². The number of unbranched alkanes of at least 4 members (excludes halogenated alkanes) is 3. The van der Waals surface area contributed by atoms with Crippen LogP contribution in [0.3, 0.4) is 0 Å². The number of aliphatic imine (C=N–C) groups is 1. The van der Waals surface area contributed by atoms with E-state index in [9.17, 15) is 0 Å². The van der Waals surface area contributed by atoms with E-state index >= 15 is 0 Å². The van der Waals surface area contributed by atoms with Crippen LogP contribution < -0.4 is 5.73 Å². The lowest BCUT2D eigenvalue weighted by Crippen LogP contribution is -2.53. The van der Waals surface area contributed by atoms with Crippen molar-refractivity contribution < 1.29 is 0 Å². The summed E-state index contributed by atoms with van der Waals surface area (Å²) in [5, 5.41) is 0. The van der Waals surface area contributed by atoms with Crippen molar-refractivity contribution in [3.05, 3.63) is 0 Å². The molecule has 2 N–H and O–H groups in total. The van der Waals surface area contributed by atoms with Crippen LogP contribution >= 0.6 is 0 Å². The van der Waals surface area contributed by atoms with Crippen molar-refractivity contribution in [2.24, 2.45) is 10.7 Å². The minimum atomic E-state index is 0.160. The number of hydrogen-bond donors (Lipinski definition) is 1. The van der Waals surface area contributed by atoms with Crippen LogP contribution in [0.1, 0.15) is 66.2 Å². The molecule has 3 heteroatoms. The molecule has 3 nitrogen and oxygen atoms in total.